The Balaban J connectivity index is 2.75. The van der Waals surface area contributed by atoms with Crippen LogP contribution in [-0.4, -0.2) is 53.5 Å². The van der Waals surface area contributed by atoms with E-state index in [1.54, 1.807) is 13.8 Å². The van der Waals surface area contributed by atoms with Gasteiger partial charge < -0.3 is 20.1 Å². The molecule has 0 radical (unpaired) electrons. The SMILES string of the molecule is CC(C)N(CC(=O)O)C(=O)CNC(=O)c1ccccc1OC(F)F. The first kappa shape index (κ1) is 19.3. The van der Waals surface area contributed by atoms with Crippen LogP contribution >= 0.6 is 0 Å². The van der Waals surface area contributed by atoms with Crippen molar-refractivity contribution in [1.29, 1.82) is 0 Å². The molecule has 132 valence electrons. The molecule has 0 saturated carbocycles. The monoisotopic (exact) mass is 344 g/mol. The van der Waals surface area contributed by atoms with Gasteiger partial charge in [-0.25, -0.2) is 0 Å². The van der Waals surface area contributed by atoms with Crippen molar-refractivity contribution >= 4 is 17.8 Å². The largest absolute Gasteiger partial charge is 0.480 e. The average Bonchev–Trinajstić information content (AvgIpc) is 2.49. The fourth-order valence-electron chi connectivity index (χ4n) is 1.91. The lowest BCUT2D eigenvalue weighted by Crippen LogP contribution is -2.46. The number of carbonyl (C=O) groups excluding carboxylic acids is 2. The van der Waals surface area contributed by atoms with Gasteiger partial charge in [0.15, 0.2) is 0 Å². The Bertz CT molecular complexity index is 607. The second kappa shape index (κ2) is 8.80. The molecular weight excluding hydrogens is 326 g/mol. The first-order chi connectivity index (χ1) is 11.2. The van der Waals surface area contributed by atoms with E-state index in [2.05, 4.69) is 10.1 Å². The lowest BCUT2D eigenvalue weighted by atomic mass is 10.2. The summed E-state index contributed by atoms with van der Waals surface area (Å²) in [6.07, 6.45) is 0. The van der Waals surface area contributed by atoms with Gasteiger partial charge in [0.05, 0.1) is 12.1 Å². The Kier molecular flexibility index (Phi) is 7.09. The molecule has 1 aromatic rings. The number of hydrogen-bond donors (Lipinski definition) is 2. The van der Waals surface area contributed by atoms with Gasteiger partial charge >= 0.3 is 12.6 Å². The second-order valence-electron chi connectivity index (χ2n) is 5.07. The summed E-state index contributed by atoms with van der Waals surface area (Å²) in [6.45, 7) is -0.791. The highest BCUT2D eigenvalue weighted by Gasteiger charge is 2.21. The molecule has 9 heteroatoms. The standard InChI is InChI=1S/C15H18F2N2O5/c1-9(2)19(8-13(21)22)12(20)7-18-14(23)10-5-3-4-6-11(10)24-15(16)17/h3-6,9,15H,7-8H2,1-2H3,(H,18,23)(H,21,22). The highest BCUT2D eigenvalue weighted by atomic mass is 19.3. The van der Waals surface area contributed by atoms with Crippen LogP contribution in [-0.2, 0) is 9.59 Å². The summed E-state index contributed by atoms with van der Waals surface area (Å²) in [6, 6.07) is 4.98. The van der Waals surface area contributed by atoms with Gasteiger partial charge in [0.1, 0.15) is 12.3 Å². The molecule has 24 heavy (non-hydrogen) atoms. The van der Waals surface area contributed by atoms with E-state index in [1.165, 1.54) is 24.3 Å². The molecule has 0 fully saturated rings. The van der Waals surface area contributed by atoms with Gasteiger partial charge in [-0.3, -0.25) is 14.4 Å². The number of halogens is 2. The van der Waals surface area contributed by atoms with E-state index < -0.39 is 37.5 Å². The minimum atomic E-state index is -3.09. The number of para-hydroxylation sites is 1. The molecule has 0 spiro atoms. The number of carboxylic acid groups (broad SMARTS) is 1. The summed E-state index contributed by atoms with van der Waals surface area (Å²) in [5, 5.41) is 11.1. The minimum absolute atomic E-state index is 0.153. The Hall–Kier alpha value is -2.71. The van der Waals surface area contributed by atoms with Gasteiger partial charge in [-0.15, -0.1) is 0 Å². The quantitative estimate of drug-likeness (QED) is 0.742. The fourth-order valence-corrected chi connectivity index (χ4v) is 1.91. The number of hydrogen-bond acceptors (Lipinski definition) is 4. The van der Waals surface area contributed by atoms with Crippen LogP contribution in [0.15, 0.2) is 24.3 Å². The number of nitrogens with zero attached hydrogens (tertiary/aromatic N) is 1. The summed E-state index contributed by atoms with van der Waals surface area (Å²) in [5.74, 6) is -2.88. The molecule has 0 aliphatic carbocycles. The van der Waals surface area contributed by atoms with Crippen molar-refractivity contribution in [3.63, 3.8) is 0 Å². The third-order valence-corrected chi connectivity index (χ3v) is 3.00. The Morgan fingerprint density at radius 1 is 1.25 bits per heavy atom. The zero-order valence-electron chi connectivity index (χ0n) is 13.2. The summed E-state index contributed by atoms with van der Waals surface area (Å²) in [7, 11) is 0. The molecule has 1 rings (SSSR count). The first-order valence-corrected chi connectivity index (χ1v) is 7.05. The normalized spacial score (nSPS) is 10.6. The van der Waals surface area contributed by atoms with E-state index in [9.17, 15) is 23.2 Å². The van der Waals surface area contributed by atoms with Gasteiger partial charge in [-0.2, -0.15) is 8.78 Å². The van der Waals surface area contributed by atoms with Crippen molar-refractivity contribution < 1.29 is 33.0 Å². The molecule has 0 atom stereocenters. The van der Waals surface area contributed by atoms with Gasteiger partial charge in [-0.05, 0) is 26.0 Å². The Morgan fingerprint density at radius 2 is 1.88 bits per heavy atom. The van der Waals surface area contributed by atoms with Gasteiger partial charge in [0, 0.05) is 6.04 Å². The van der Waals surface area contributed by atoms with Gasteiger partial charge in [0.2, 0.25) is 5.91 Å². The zero-order chi connectivity index (χ0) is 18.3. The molecule has 2 amide bonds. The molecule has 0 saturated heterocycles. The smallest absolute Gasteiger partial charge is 0.387 e. The predicted octanol–water partition coefficient (Wildman–Crippen LogP) is 1.34. The van der Waals surface area contributed by atoms with Crippen molar-refractivity contribution in [2.24, 2.45) is 0 Å². The van der Waals surface area contributed by atoms with Crippen LogP contribution in [0.5, 0.6) is 5.75 Å². The van der Waals surface area contributed by atoms with Crippen LogP contribution in [0.4, 0.5) is 8.78 Å². The molecule has 1 aromatic carbocycles. The first-order valence-electron chi connectivity index (χ1n) is 7.05. The Morgan fingerprint density at radius 3 is 2.42 bits per heavy atom. The number of aliphatic carboxylic acids is 1. The lowest BCUT2D eigenvalue weighted by molar-refractivity contribution is -0.145. The number of amides is 2. The third kappa shape index (κ3) is 5.82. The van der Waals surface area contributed by atoms with E-state index >= 15 is 0 Å². The van der Waals surface area contributed by atoms with Crippen molar-refractivity contribution in [2.75, 3.05) is 13.1 Å². The van der Waals surface area contributed by atoms with Crippen LogP contribution in [0.3, 0.4) is 0 Å². The van der Waals surface area contributed by atoms with Crippen molar-refractivity contribution in [3.8, 4) is 5.75 Å². The lowest BCUT2D eigenvalue weighted by Gasteiger charge is -2.25. The number of nitrogens with one attached hydrogen (secondary N) is 1. The van der Waals surface area contributed by atoms with Crippen LogP contribution in [0.25, 0.3) is 0 Å². The van der Waals surface area contributed by atoms with Crippen molar-refractivity contribution in [3.05, 3.63) is 29.8 Å². The van der Waals surface area contributed by atoms with E-state index in [0.717, 1.165) is 4.90 Å². The number of ether oxygens (including phenoxy) is 1. The molecule has 2 N–H and O–H groups in total. The summed E-state index contributed by atoms with van der Waals surface area (Å²) in [4.78, 5) is 35.9. The van der Waals surface area contributed by atoms with E-state index in [1.807, 2.05) is 0 Å². The molecule has 0 heterocycles. The fraction of sp³-hybridized carbons (Fsp3) is 0.400. The van der Waals surface area contributed by atoms with E-state index in [4.69, 9.17) is 5.11 Å². The maximum Gasteiger partial charge on any atom is 0.387 e. The highest BCUT2D eigenvalue weighted by molar-refractivity contribution is 5.99. The highest BCUT2D eigenvalue weighted by Crippen LogP contribution is 2.19. The summed E-state index contributed by atoms with van der Waals surface area (Å²) < 4.78 is 28.9. The molecular formula is C15H18F2N2O5. The van der Waals surface area contributed by atoms with Crippen LogP contribution in [0.1, 0.15) is 24.2 Å². The Labute approximate surface area is 137 Å². The molecule has 0 unspecified atom stereocenters. The predicted molar refractivity (Wildman–Crippen MR) is 79.9 cm³/mol. The summed E-state index contributed by atoms with van der Waals surface area (Å²) >= 11 is 0. The van der Waals surface area contributed by atoms with Crippen LogP contribution in [0.2, 0.25) is 0 Å². The van der Waals surface area contributed by atoms with Crippen molar-refractivity contribution in [2.45, 2.75) is 26.5 Å². The number of carbonyl (C=O) groups is 3. The van der Waals surface area contributed by atoms with Crippen LogP contribution < -0.4 is 10.1 Å². The second-order valence-corrected chi connectivity index (χ2v) is 5.07. The zero-order valence-corrected chi connectivity index (χ0v) is 13.2. The molecule has 0 aliphatic heterocycles. The van der Waals surface area contributed by atoms with E-state index in [0.29, 0.717) is 0 Å². The number of alkyl halides is 2. The molecule has 0 aliphatic rings. The third-order valence-electron chi connectivity index (χ3n) is 3.00. The topological polar surface area (TPSA) is 95.9 Å². The number of rotatable bonds is 8. The van der Waals surface area contributed by atoms with Gasteiger partial charge in [-0.1, -0.05) is 12.1 Å². The molecule has 0 bridgehead atoms. The molecule has 7 nitrogen and oxygen atoms in total. The van der Waals surface area contributed by atoms with Gasteiger partial charge in [0.25, 0.3) is 5.91 Å². The molecule has 0 aromatic heterocycles. The average molecular weight is 344 g/mol. The summed E-state index contributed by atoms with van der Waals surface area (Å²) in [5.41, 5.74) is -0.153. The maximum atomic E-state index is 12.3. The van der Waals surface area contributed by atoms with Crippen LogP contribution in [0, 0.1) is 0 Å². The maximum absolute atomic E-state index is 12.3. The number of carboxylic acids is 1. The van der Waals surface area contributed by atoms with Crippen molar-refractivity contribution in [1.82, 2.24) is 10.2 Å². The minimum Gasteiger partial charge on any atom is -0.480 e. The van der Waals surface area contributed by atoms with E-state index in [-0.39, 0.29) is 17.4 Å². The number of benzene rings is 1.